The number of aliphatic hydroxyl groups is 1. The molecule has 0 aliphatic heterocycles. The highest BCUT2D eigenvalue weighted by molar-refractivity contribution is 7.96. The molecule has 4 rings (SSSR count). The molecule has 0 fully saturated rings. The average Bonchev–Trinajstić information content (AvgIpc) is 2.81. The number of hydrogen-bond acceptors (Lipinski definition) is 3. The molecule has 0 amide bonds. The Balaban J connectivity index is 1.94. The maximum Gasteiger partial charge on any atom is 0.0902 e. The lowest BCUT2D eigenvalue weighted by molar-refractivity contribution is 0.203. The van der Waals surface area contributed by atoms with E-state index in [1.54, 1.807) is 12.1 Å². The highest BCUT2D eigenvalue weighted by atomic mass is 35.5. The molecule has 0 aromatic heterocycles. The summed E-state index contributed by atoms with van der Waals surface area (Å²) in [6, 6.07) is 37.0. The summed E-state index contributed by atoms with van der Waals surface area (Å²) >= 11 is 6.05. The summed E-state index contributed by atoms with van der Waals surface area (Å²) in [4.78, 5) is 0.996. The largest absolute Gasteiger partial charge is 0.387 e. The molecule has 5 heteroatoms. The molecule has 0 spiro atoms. The summed E-state index contributed by atoms with van der Waals surface area (Å²) in [6.45, 7) is 0. The fourth-order valence-corrected chi connectivity index (χ4v) is 6.15. The first-order valence-corrected chi connectivity index (χ1v) is 12.1. The summed E-state index contributed by atoms with van der Waals surface area (Å²) in [5, 5.41) is 11.9. The van der Waals surface area contributed by atoms with Gasteiger partial charge in [-0.3, -0.25) is 0 Å². The van der Waals surface area contributed by atoms with Gasteiger partial charge in [0.15, 0.2) is 0 Å². The topological polar surface area (TPSA) is 45.0 Å². The maximum absolute atomic E-state index is 11.2. The summed E-state index contributed by atoms with van der Waals surface area (Å²) in [5.41, 5.74) is 2.47. The molecule has 4 aromatic carbocycles. The number of benzene rings is 4. The molecule has 4 aromatic rings. The Kier molecular flexibility index (Phi) is 6.82. The van der Waals surface area contributed by atoms with Gasteiger partial charge in [-0.2, -0.15) is 0 Å². The number of aliphatic hydroxyl groups excluding tert-OH is 1. The number of hydrogen-bond donors (Lipinski definition) is 1. The summed E-state index contributed by atoms with van der Waals surface area (Å²) in [7, 11) is -2.17. The van der Waals surface area contributed by atoms with Crippen LogP contribution in [0.5, 0.6) is 0 Å². The fraction of sp³-hybridized carbons (Fsp3) is 0.0769. The number of rotatable bonds is 6. The Morgan fingerprint density at radius 2 is 1.10 bits per heavy atom. The van der Waals surface area contributed by atoms with Crippen molar-refractivity contribution in [3.05, 3.63) is 126 Å². The van der Waals surface area contributed by atoms with E-state index in [0.717, 1.165) is 21.8 Å². The van der Waals surface area contributed by atoms with Gasteiger partial charge in [0.2, 0.25) is 0 Å². The van der Waals surface area contributed by atoms with Crippen molar-refractivity contribution in [2.75, 3.05) is 5.75 Å². The van der Waals surface area contributed by atoms with Crippen molar-refractivity contribution < 1.29 is 5.11 Å². The molecule has 0 bridgehead atoms. The van der Waals surface area contributed by atoms with Crippen molar-refractivity contribution >= 4 is 32.6 Å². The summed E-state index contributed by atoms with van der Waals surface area (Å²) in [6.07, 6.45) is -0.743. The first kappa shape index (κ1) is 21.3. The second kappa shape index (κ2) is 9.92. The molecule has 0 saturated heterocycles. The van der Waals surface area contributed by atoms with Crippen LogP contribution in [0.2, 0.25) is 5.02 Å². The van der Waals surface area contributed by atoms with Crippen molar-refractivity contribution in [1.29, 1.82) is 0 Å². The van der Waals surface area contributed by atoms with E-state index in [1.807, 2.05) is 103 Å². The van der Waals surface area contributed by atoms with Crippen molar-refractivity contribution in [2.24, 2.45) is 8.73 Å². The van der Waals surface area contributed by atoms with E-state index < -0.39 is 15.7 Å². The van der Waals surface area contributed by atoms with Gasteiger partial charge in [-0.05, 0) is 63.7 Å². The van der Waals surface area contributed by atoms with Gasteiger partial charge in [0.25, 0.3) is 0 Å². The van der Waals surface area contributed by atoms with E-state index in [9.17, 15) is 5.11 Å². The predicted molar refractivity (Wildman–Crippen MR) is 130 cm³/mol. The van der Waals surface area contributed by atoms with Gasteiger partial charge in [-0.1, -0.05) is 78.3 Å². The van der Waals surface area contributed by atoms with Crippen LogP contribution in [0.15, 0.2) is 129 Å². The monoisotopic (exact) mass is 446 g/mol. The van der Waals surface area contributed by atoms with Gasteiger partial charge >= 0.3 is 0 Å². The Morgan fingerprint density at radius 3 is 1.58 bits per heavy atom. The van der Waals surface area contributed by atoms with Crippen molar-refractivity contribution in [1.82, 2.24) is 0 Å². The molecular formula is C26H23ClN2OS. The zero-order valence-corrected chi connectivity index (χ0v) is 18.5. The molecule has 1 N–H and O–H groups in total. The van der Waals surface area contributed by atoms with E-state index in [2.05, 4.69) is 0 Å². The third kappa shape index (κ3) is 5.42. The van der Waals surface area contributed by atoms with Crippen LogP contribution in [0, 0.1) is 0 Å². The zero-order valence-electron chi connectivity index (χ0n) is 16.9. The third-order valence-corrected chi connectivity index (χ3v) is 7.88. The van der Waals surface area contributed by atoms with Gasteiger partial charge in [0.05, 0.1) is 17.5 Å². The average molecular weight is 447 g/mol. The number of halogens is 1. The number of nitrogens with zero attached hydrogens (tertiary/aromatic N) is 2. The van der Waals surface area contributed by atoms with Crippen LogP contribution in [-0.2, 0) is 9.62 Å². The molecular weight excluding hydrogens is 424 g/mol. The zero-order chi connectivity index (χ0) is 21.5. The second-order valence-corrected chi connectivity index (χ2v) is 10.0. The lowest BCUT2D eigenvalue weighted by Gasteiger charge is -2.21. The summed E-state index contributed by atoms with van der Waals surface area (Å²) < 4.78 is 10.3. The minimum atomic E-state index is -2.17. The summed E-state index contributed by atoms with van der Waals surface area (Å²) in [5.74, 6) is 0.364. The molecule has 0 heterocycles. The second-order valence-electron chi connectivity index (χ2n) is 7.07. The molecule has 156 valence electrons. The van der Waals surface area contributed by atoms with E-state index in [1.165, 1.54) is 0 Å². The van der Waals surface area contributed by atoms with Crippen LogP contribution in [0.1, 0.15) is 11.7 Å². The minimum absolute atomic E-state index is 0.364. The van der Waals surface area contributed by atoms with E-state index in [0.29, 0.717) is 10.8 Å². The SMILES string of the molecule is OC(CS(=Nc1ccccc1)(=Nc1ccccc1)c1ccccc1)c1ccc(Cl)cc1. The van der Waals surface area contributed by atoms with Crippen LogP contribution in [0.3, 0.4) is 0 Å². The fourth-order valence-electron chi connectivity index (χ4n) is 3.26. The van der Waals surface area contributed by atoms with Crippen molar-refractivity contribution in [2.45, 2.75) is 11.0 Å². The Hall–Kier alpha value is -2.92. The molecule has 31 heavy (non-hydrogen) atoms. The van der Waals surface area contributed by atoms with Gasteiger partial charge in [-0.15, -0.1) is 0 Å². The normalized spacial score (nSPS) is 12.2. The van der Waals surface area contributed by atoms with Crippen LogP contribution < -0.4 is 0 Å². The smallest absolute Gasteiger partial charge is 0.0902 e. The quantitative estimate of drug-likeness (QED) is 0.325. The standard InChI is InChI=1S/C26H23ClN2OS/c27-22-18-16-21(17-19-22)26(30)20-31(25-14-8-3-9-15-25,28-23-10-4-1-5-11-23)29-24-12-6-2-7-13-24/h1-19,26,30H,20H2. The Labute approximate surface area is 188 Å². The van der Waals surface area contributed by atoms with Gasteiger partial charge < -0.3 is 5.11 Å². The lowest BCUT2D eigenvalue weighted by Crippen LogP contribution is -2.14. The predicted octanol–water partition coefficient (Wildman–Crippen LogP) is 7.62. The minimum Gasteiger partial charge on any atom is -0.387 e. The molecule has 0 radical (unpaired) electrons. The van der Waals surface area contributed by atoms with Crippen molar-refractivity contribution in [3.8, 4) is 0 Å². The van der Waals surface area contributed by atoms with E-state index in [-0.39, 0.29) is 0 Å². The maximum atomic E-state index is 11.2. The van der Waals surface area contributed by atoms with E-state index >= 15 is 0 Å². The first-order valence-electron chi connectivity index (χ1n) is 10.0. The molecule has 1 unspecified atom stereocenters. The molecule has 0 aliphatic rings. The molecule has 3 nitrogen and oxygen atoms in total. The molecule has 0 aliphatic carbocycles. The van der Waals surface area contributed by atoms with Gasteiger partial charge in [0, 0.05) is 15.7 Å². The Bertz CT molecular complexity index is 1180. The van der Waals surface area contributed by atoms with E-state index in [4.69, 9.17) is 20.3 Å². The van der Waals surface area contributed by atoms with Gasteiger partial charge in [-0.25, -0.2) is 8.73 Å². The highest BCUT2D eigenvalue weighted by Gasteiger charge is 2.19. The van der Waals surface area contributed by atoms with Crippen molar-refractivity contribution in [3.63, 3.8) is 0 Å². The van der Waals surface area contributed by atoms with Gasteiger partial charge in [0.1, 0.15) is 0 Å². The Morgan fingerprint density at radius 1 is 0.645 bits per heavy atom. The molecule has 1 atom stereocenters. The van der Waals surface area contributed by atoms with Crippen LogP contribution in [0.25, 0.3) is 0 Å². The van der Waals surface area contributed by atoms with Crippen LogP contribution >= 0.6 is 11.6 Å². The first-order chi connectivity index (χ1) is 15.1. The third-order valence-electron chi connectivity index (χ3n) is 4.79. The van der Waals surface area contributed by atoms with Crippen LogP contribution in [-0.4, -0.2) is 10.9 Å². The highest BCUT2D eigenvalue weighted by Crippen LogP contribution is 2.31. The lowest BCUT2D eigenvalue weighted by atomic mass is 10.1. The van der Waals surface area contributed by atoms with Crippen LogP contribution in [0.4, 0.5) is 11.4 Å². The molecule has 0 saturated carbocycles.